The van der Waals surface area contributed by atoms with Crippen molar-refractivity contribution in [2.75, 3.05) is 45.5 Å². The zero-order valence-electron chi connectivity index (χ0n) is 14.5. The normalized spacial score (nSPS) is 22.1. The van der Waals surface area contributed by atoms with Crippen molar-refractivity contribution in [3.8, 4) is 0 Å². The van der Waals surface area contributed by atoms with Crippen LogP contribution in [0.1, 0.15) is 32.6 Å². The molecular weight excluding hydrogens is 373 g/mol. The number of hydrogen-bond donors (Lipinski definition) is 2. The summed E-state index contributed by atoms with van der Waals surface area (Å²) in [6.45, 7) is 6.88. The van der Waals surface area contributed by atoms with Gasteiger partial charge in [-0.2, -0.15) is 0 Å². The lowest BCUT2D eigenvalue weighted by Crippen LogP contribution is -2.58. The third-order valence-corrected chi connectivity index (χ3v) is 7.14. The summed E-state index contributed by atoms with van der Waals surface area (Å²) in [5.41, 5.74) is 0. The monoisotopic (exact) mass is 403 g/mol. The number of sulfone groups is 1. The molecule has 2 N–H and O–H groups in total. The smallest absolute Gasteiger partial charge is 0.241 e. The molecule has 2 saturated heterocycles. The molecule has 2 rings (SSSR count). The first-order valence-corrected chi connectivity index (χ1v) is 10.2. The molecule has 2 fully saturated rings. The van der Waals surface area contributed by atoms with Crippen molar-refractivity contribution in [1.29, 1.82) is 0 Å². The highest BCUT2D eigenvalue weighted by Gasteiger charge is 2.48. The second-order valence-electron chi connectivity index (χ2n) is 6.80. The second kappa shape index (κ2) is 10.2. The van der Waals surface area contributed by atoms with Crippen LogP contribution in [0.25, 0.3) is 0 Å². The van der Waals surface area contributed by atoms with E-state index in [1.165, 1.54) is 19.1 Å². The summed E-state index contributed by atoms with van der Waals surface area (Å²) in [6, 6.07) is 0. The summed E-state index contributed by atoms with van der Waals surface area (Å²) >= 11 is 0. The first-order chi connectivity index (χ1) is 10.3. The van der Waals surface area contributed by atoms with E-state index in [9.17, 15) is 13.2 Å². The second-order valence-corrected chi connectivity index (χ2v) is 9.12. The number of nitrogens with one attached hydrogen (secondary N) is 2. The summed E-state index contributed by atoms with van der Waals surface area (Å²) in [5.74, 6) is 0.468. The van der Waals surface area contributed by atoms with Gasteiger partial charge in [0.2, 0.25) is 5.91 Å². The number of carbonyl (C=O) groups excluding carboxylic acids is 1. The van der Waals surface area contributed by atoms with Gasteiger partial charge in [0.15, 0.2) is 14.6 Å². The molecule has 1 amide bonds. The third-order valence-electron chi connectivity index (χ3n) is 5.12. The molecule has 0 saturated carbocycles. The van der Waals surface area contributed by atoms with E-state index < -0.39 is 14.6 Å². The molecule has 144 valence electrons. The molecule has 0 aliphatic carbocycles. The van der Waals surface area contributed by atoms with Gasteiger partial charge in [0, 0.05) is 19.3 Å². The van der Waals surface area contributed by atoms with Crippen molar-refractivity contribution >= 4 is 40.6 Å². The lowest BCUT2D eigenvalue weighted by atomic mass is 9.96. The Kier molecular flexibility index (Phi) is 10.1. The molecule has 9 heteroatoms. The zero-order valence-corrected chi connectivity index (χ0v) is 17.0. The molecule has 0 spiro atoms. The van der Waals surface area contributed by atoms with Gasteiger partial charge >= 0.3 is 0 Å². The quantitative estimate of drug-likeness (QED) is 0.710. The van der Waals surface area contributed by atoms with Crippen molar-refractivity contribution in [1.82, 2.24) is 15.5 Å². The van der Waals surface area contributed by atoms with Crippen LogP contribution < -0.4 is 10.6 Å². The van der Waals surface area contributed by atoms with Gasteiger partial charge in [0.25, 0.3) is 0 Å². The molecule has 0 aromatic heterocycles. The van der Waals surface area contributed by atoms with E-state index >= 15 is 0 Å². The summed E-state index contributed by atoms with van der Waals surface area (Å²) in [5, 5.41) is 6.00. The minimum Gasteiger partial charge on any atom is -0.353 e. The number of rotatable bonds is 5. The van der Waals surface area contributed by atoms with Crippen LogP contribution in [0.2, 0.25) is 0 Å². The molecular formula is C15H31Cl2N3O3S. The van der Waals surface area contributed by atoms with Crippen LogP contribution in [0.15, 0.2) is 0 Å². The molecule has 0 bridgehead atoms. The lowest BCUT2D eigenvalue weighted by molar-refractivity contribution is -0.124. The number of amides is 1. The number of piperidine rings is 2. The number of carbonyl (C=O) groups is 1. The Morgan fingerprint density at radius 3 is 2.25 bits per heavy atom. The molecule has 24 heavy (non-hydrogen) atoms. The Morgan fingerprint density at radius 1 is 1.21 bits per heavy atom. The van der Waals surface area contributed by atoms with Gasteiger partial charge in [-0.1, -0.05) is 6.92 Å². The number of halogens is 2. The highest BCUT2D eigenvalue weighted by Crippen LogP contribution is 2.27. The minimum absolute atomic E-state index is 0. The van der Waals surface area contributed by atoms with Gasteiger partial charge in [-0.05, 0) is 57.8 Å². The summed E-state index contributed by atoms with van der Waals surface area (Å²) in [7, 11) is -3.41. The fraction of sp³-hybridized carbons (Fsp3) is 0.933. The average molecular weight is 404 g/mol. The summed E-state index contributed by atoms with van der Waals surface area (Å²) < 4.78 is 23.1. The van der Waals surface area contributed by atoms with E-state index in [-0.39, 0.29) is 30.7 Å². The fourth-order valence-electron chi connectivity index (χ4n) is 3.37. The molecule has 2 aliphatic heterocycles. The van der Waals surface area contributed by atoms with E-state index in [0.29, 0.717) is 32.5 Å². The largest absolute Gasteiger partial charge is 0.353 e. The van der Waals surface area contributed by atoms with Gasteiger partial charge in [-0.25, -0.2) is 8.42 Å². The van der Waals surface area contributed by atoms with E-state index in [4.69, 9.17) is 0 Å². The van der Waals surface area contributed by atoms with Crippen molar-refractivity contribution in [2.24, 2.45) is 5.92 Å². The Balaban J connectivity index is 0.00000264. The van der Waals surface area contributed by atoms with Crippen LogP contribution >= 0.6 is 24.8 Å². The minimum atomic E-state index is -3.41. The molecule has 2 aliphatic rings. The van der Waals surface area contributed by atoms with Gasteiger partial charge in [-0.15, -0.1) is 24.8 Å². The van der Waals surface area contributed by atoms with Gasteiger partial charge in [0.1, 0.15) is 0 Å². The first kappa shape index (κ1) is 23.9. The molecule has 6 nitrogen and oxygen atoms in total. The Hall–Kier alpha value is -0.0800. The zero-order chi connectivity index (χ0) is 16.2. The Bertz CT molecular complexity index is 488. The van der Waals surface area contributed by atoms with Crippen LogP contribution in [-0.2, 0) is 14.6 Å². The van der Waals surface area contributed by atoms with E-state index in [1.54, 1.807) is 0 Å². The van der Waals surface area contributed by atoms with Crippen LogP contribution in [0.5, 0.6) is 0 Å². The maximum atomic E-state index is 12.5. The molecule has 0 aromatic rings. The van der Waals surface area contributed by atoms with E-state index in [2.05, 4.69) is 22.5 Å². The maximum Gasteiger partial charge on any atom is 0.241 e. The lowest BCUT2D eigenvalue weighted by Gasteiger charge is -2.35. The molecule has 0 radical (unpaired) electrons. The third kappa shape index (κ3) is 5.73. The van der Waals surface area contributed by atoms with Crippen molar-refractivity contribution in [3.05, 3.63) is 0 Å². The van der Waals surface area contributed by atoms with E-state index in [0.717, 1.165) is 25.6 Å². The first-order valence-electron chi connectivity index (χ1n) is 8.26. The highest BCUT2D eigenvalue weighted by atomic mass is 35.5. The SMILES string of the molecule is CC1CCN(CCNC(=O)C2(S(C)(=O)=O)CCNCC2)CC1.Cl.Cl. The fourth-order valence-corrected chi connectivity index (χ4v) is 4.73. The number of likely N-dealkylation sites (tertiary alicyclic amines) is 1. The van der Waals surface area contributed by atoms with E-state index in [1.807, 2.05) is 0 Å². The van der Waals surface area contributed by atoms with Crippen LogP contribution in [0.3, 0.4) is 0 Å². The van der Waals surface area contributed by atoms with Crippen LogP contribution in [0, 0.1) is 5.92 Å². The molecule has 0 unspecified atom stereocenters. The summed E-state index contributed by atoms with van der Waals surface area (Å²) in [4.78, 5) is 14.9. The molecule has 2 heterocycles. The Morgan fingerprint density at radius 2 is 1.75 bits per heavy atom. The van der Waals surface area contributed by atoms with Crippen molar-refractivity contribution < 1.29 is 13.2 Å². The van der Waals surface area contributed by atoms with Crippen LogP contribution in [0.4, 0.5) is 0 Å². The highest BCUT2D eigenvalue weighted by molar-refractivity contribution is 7.92. The van der Waals surface area contributed by atoms with Crippen molar-refractivity contribution in [2.45, 2.75) is 37.4 Å². The van der Waals surface area contributed by atoms with Gasteiger partial charge in [0.05, 0.1) is 0 Å². The maximum absolute atomic E-state index is 12.5. The van der Waals surface area contributed by atoms with Gasteiger partial charge < -0.3 is 15.5 Å². The topological polar surface area (TPSA) is 78.5 Å². The summed E-state index contributed by atoms with van der Waals surface area (Å²) in [6.07, 6.45) is 4.31. The van der Waals surface area contributed by atoms with Crippen LogP contribution in [-0.4, -0.2) is 69.5 Å². The number of hydrogen-bond acceptors (Lipinski definition) is 5. The molecule has 0 atom stereocenters. The Labute approximate surface area is 158 Å². The standard InChI is InChI=1S/C15H29N3O3S.2ClH/c1-13-3-10-18(11-4-13)12-9-17-14(19)15(22(2,20)21)5-7-16-8-6-15;;/h13,16H,3-12H2,1-2H3,(H,17,19);2*1H. The molecule has 0 aromatic carbocycles. The predicted molar refractivity (Wildman–Crippen MR) is 102 cm³/mol. The number of nitrogens with zero attached hydrogens (tertiary/aromatic N) is 1. The van der Waals surface area contributed by atoms with Gasteiger partial charge in [-0.3, -0.25) is 4.79 Å². The van der Waals surface area contributed by atoms with Crippen molar-refractivity contribution in [3.63, 3.8) is 0 Å². The predicted octanol–water partition coefficient (Wildman–Crippen LogP) is 0.845. The average Bonchev–Trinajstić information content (AvgIpc) is 2.49.